The highest BCUT2D eigenvalue weighted by Crippen LogP contribution is 2.30. The van der Waals surface area contributed by atoms with Crippen LogP contribution in [0.3, 0.4) is 0 Å². The van der Waals surface area contributed by atoms with E-state index in [0.29, 0.717) is 0 Å². The van der Waals surface area contributed by atoms with Gasteiger partial charge in [0.1, 0.15) is 0 Å². The Morgan fingerprint density at radius 2 is 1.91 bits per heavy atom. The Labute approximate surface area is 81.4 Å². The van der Waals surface area contributed by atoms with Gasteiger partial charge in [-0.3, -0.25) is 5.84 Å². The van der Waals surface area contributed by atoms with Crippen LogP contribution in [0.4, 0.5) is 0 Å². The van der Waals surface area contributed by atoms with Crippen molar-refractivity contribution in [3.63, 3.8) is 0 Å². The number of hydrogen-bond donors (Lipinski definition) is 1. The van der Waals surface area contributed by atoms with Crippen LogP contribution in [0.15, 0.2) is 0 Å². The predicted octanol–water partition coefficient (Wildman–Crippen LogP) is 0.464. The van der Waals surface area contributed by atoms with E-state index < -0.39 is 0 Å². The minimum absolute atomic E-state index is 0.839. The van der Waals surface area contributed by atoms with Gasteiger partial charge in [0.25, 0.3) is 0 Å². The number of halogens is 1. The maximum atomic E-state index is 5.75. The lowest BCUT2D eigenvalue weighted by atomic mass is 9.90. The number of piperidine rings is 1. The average molecular weight is 267 g/mol. The fourth-order valence-electron chi connectivity index (χ4n) is 2.16. The molecular weight excluding hydrogens is 253 g/mol. The standard InChI is InChI=1S/C7H14IN3/c8-10-2-1-6-4-11(9)5-7(6)3-10/h6-7H,1-5,9H2. The molecule has 0 amide bonds. The molecule has 2 rings (SSSR count). The molecule has 0 radical (unpaired) electrons. The third-order valence-corrected chi connectivity index (χ3v) is 3.66. The Balaban J connectivity index is 1.97. The Hall–Kier alpha value is 0.610. The van der Waals surface area contributed by atoms with Crippen molar-refractivity contribution in [2.75, 3.05) is 26.2 Å². The van der Waals surface area contributed by atoms with E-state index in [2.05, 4.69) is 26.0 Å². The normalized spacial score (nSPS) is 40.9. The molecule has 2 atom stereocenters. The number of nitrogens with zero attached hydrogens (tertiary/aromatic N) is 2. The first-order chi connectivity index (χ1) is 5.25. The van der Waals surface area contributed by atoms with E-state index in [0.717, 1.165) is 24.9 Å². The Kier molecular flexibility index (Phi) is 2.36. The van der Waals surface area contributed by atoms with E-state index in [4.69, 9.17) is 5.84 Å². The quantitative estimate of drug-likeness (QED) is 0.393. The van der Waals surface area contributed by atoms with Gasteiger partial charge in [-0.2, -0.15) is 0 Å². The second-order valence-electron chi connectivity index (χ2n) is 3.63. The molecule has 64 valence electrons. The number of fused-ring (bicyclic) bond motifs is 1. The van der Waals surface area contributed by atoms with Crippen LogP contribution < -0.4 is 5.84 Å². The molecule has 2 aliphatic heterocycles. The molecule has 0 spiro atoms. The van der Waals surface area contributed by atoms with Crippen molar-refractivity contribution in [2.45, 2.75) is 6.42 Å². The van der Waals surface area contributed by atoms with Gasteiger partial charge in [-0.25, -0.2) is 8.12 Å². The molecule has 3 nitrogen and oxygen atoms in total. The van der Waals surface area contributed by atoms with E-state index in [1.165, 1.54) is 19.5 Å². The van der Waals surface area contributed by atoms with E-state index in [1.54, 1.807) is 0 Å². The first kappa shape index (κ1) is 8.22. The Morgan fingerprint density at radius 3 is 2.73 bits per heavy atom. The van der Waals surface area contributed by atoms with Crippen LogP contribution >= 0.6 is 22.9 Å². The number of hydrogen-bond acceptors (Lipinski definition) is 3. The van der Waals surface area contributed by atoms with E-state index in [9.17, 15) is 0 Å². The maximum absolute atomic E-state index is 5.75. The molecule has 2 N–H and O–H groups in total. The molecular formula is C7H14IN3. The Morgan fingerprint density at radius 1 is 1.18 bits per heavy atom. The number of rotatable bonds is 0. The summed E-state index contributed by atoms with van der Waals surface area (Å²) in [6.07, 6.45) is 1.33. The van der Waals surface area contributed by atoms with Gasteiger partial charge in [0.2, 0.25) is 0 Å². The summed E-state index contributed by atoms with van der Waals surface area (Å²) in [5.74, 6) is 7.47. The van der Waals surface area contributed by atoms with Crippen LogP contribution in [0.25, 0.3) is 0 Å². The summed E-state index contributed by atoms with van der Waals surface area (Å²) in [4.78, 5) is 0. The van der Waals surface area contributed by atoms with E-state index in [1.807, 2.05) is 5.01 Å². The van der Waals surface area contributed by atoms with E-state index >= 15 is 0 Å². The van der Waals surface area contributed by atoms with E-state index in [-0.39, 0.29) is 0 Å². The summed E-state index contributed by atoms with van der Waals surface area (Å²) < 4.78 is 2.39. The molecule has 0 bridgehead atoms. The summed E-state index contributed by atoms with van der Waals surface area (Å²) in [6, 6.07) is 0. The van der Waals surface area contributed by atoms with Gasteiger partial charge in [-0.05, 0) is 18.3 Å². The van der Waals surface area contributed by atoms with Gasteiger partial charge in [0.05, 0.1) is 0 Å². The lowest BCUT2D eigenvalue weighted by Crippen LogP contribution is -2.34. The maximum Gasteiger partial charge on any atom is 0.0201 e. The van der Waals surface area contributed by atoms with Crippen molar-refractivity contribution < 1.29 is 0 Å². The fourth-order valence-corrected chi connectivity index (χ4v) is 2.95. The summed E-state index contributed by atoms with van der Waals surface area (Å²) in [7, 11) is 0. The first-order valence-electron chi connectivity index (χ1n) is 4.16. The first-order valence-corrected chi connectivity index (χ1v) is 5.12. The molecule has 2 fully saturated rings. The zero-order valence-corrected chi connectivity index (χ0v) is 8.70. The monoisotopic (exact) mass is 267 g/mol. The van der Waals surface area contributed by atoms with Gasteiger partial charge < -0.3 is 0 Å². The van der Waals surface area contributed by atoms with Gasteiger partial charge >= 0.3 is 0 Å². The Bertz CT molecular complexity index is 153. The van der Waals surface area contributed by atoms with Crippen LogP contribution in [0.2, 0.25) is 0 Å². The summed E-state index contributed by atoms with van der Waals surface area (Å²) in [5, 5.41) is 1.98. The van der Waals surface area contributed by atoms with Crippen LogP contribution in [0, 0.1) is 11.8 Å². The highest BCUT2D eigenvalue weighted by molar-refractivity contribution is 14.1. The summed E-state index contributed by atoms with van der Waals surface area (Å²) in [6.45, 7) is 4.70. The molecule has 0 saturated carbocycles. The topological polar surface area (TPSA) is 32.5 Å². The minimum atomic E-state index is 0.839. The second-order valence-corrected chi connectivity index (χ2v) is 5.00. The highest BCUT2D eigenvalue weighted by Gasteiger charge is 2.35. The van der Waals surface area contributed by atoms with Gasteiger partial charge in [0.15, 0.2) is 0 Å². The fraction of sp³-hybridized carbons (Fsp3) is 1.00. The average Bonchev–Trinajstić information content (AvgIpc) is 2.27. The highest BCUT2D eigenvalue weighted by atomic mass is 127. The third kappa shape index (κ3) is 1.68. The SMILES string of the molecule is NN1CC2CCN(I)CC2C1. The smallest absolute Gasteiger partial charge is 0.0201 e. The summed E-state index contributed by atoms with van der Waals surface area (Å²) in [5.41, 5.74) is 0. The van der Waals surface area contributed by atoms with Crippen molar-refractivity contribution in [2.24, 2.45) is 17.7 Å². The number of hydrazine groups is 1. The lowest BCUT2D eigenvalue weighted by Gasteiger charge is -2.29. The summed E-state index contributed by atoms with van der Waals surface area (Å²) >= 11 is 2.41. The van der Waals surface area contributed by atoms with Gasteiger partial charge in [-0.15, -0.1) is 0 Å². The van der Waals surface area contributed by atoms with Gasteiger partial charge in [-0.1, -0.05) is 0 Å². The lowest BCUT2D eigenvalue weighted by molar-refractivity contribution is 0.257. The van der Waals surface area contributed by atoms with Crippen molar-refractivity contribution in [3.05, 3.63) is 0 Å². The third-order valence-electron chi connectivity index (χ3n) is 2.78. The molecule has 11 heavy (non-hydrogen) atoms. The van der Waals surface area contributed by atoms with Crippen molar-refractivity contribution in [3.8, 4) is 0 Å². The van der Waals surface area contributed by atoms with Gasteiger partial charge in [0, 0.05) is 49.0 Å². The molecule has 0 aliphatic carbocycles. The second kappa shape index (κ2) is 3.16. The minimum Gasteiger partial charge on any atom is -0.269 e. The van der Waals surface area contributed by atoms with Crippen LogP contribution in [-0.4, -0.2) is 34.3 Å². The molecule has 0 aromatic carbocycles. The van der Waals surface area contributed by atoms with Crippen molar-refractivity contribution >= 4 is 22.9 Å². The number of nitrogens with two attached hydrogens (primary N) is 1. The molecule has 2 heterocycles. The zero-order chi connectivity index (χ0) is 7.84. The molecule has 2 aliphatic rings. The molecule has 2 unspecified atom stereocenters. The largest absolute Gasteiger partial charge is 0.269 e. The molecule has 0 aromatic rings. The van der Waals surface area contributed by atoms with Crippen LogP contribution in [0.1, 0.15) is 6.42 Å². The molecule has 0 aromatic heterocycles. The molecule has 4 heteroatoms. The molecule has 2 saturated heterocycles. The zero-order valence-electron chi connectivity index (χ0n) is 6.54. The van der Waals surface area contributed by atoms with Crippen molar-refractivity contribution in [1.82, 2.24) is 8.12 Å². The van der Waals surface area contributed by atoms with Crippen LogP contribution in [0.5, 0.6) is 0 Å². The predicted molar refractivity (Wildman–Crippen MR) is 53.0 cm³/mol. The van der Waals surface area contributed by atoms with Crippen molar-refractivity contribution in [1.29, 1.82) is 0 Å². The van der Waals surface area contributed by atoms with Crippen LogP contribution in [-0.2, 0) is 0 Å².